The zero-order valence-electron chi connectivity index (χ0n) is 5.01. The second kappa shape index (κ2) is 2.22. The normalized spacial score (nSPS) is 9.75. The smallest absolute Gasteiger partial charge is 0.0781 e. The molecular weight excluding hydrogens is 120 g/mol. The maximum absolute atomic E-state index is 3.90. The van der Waals surface area contributed by atoms with Crippen molar-refractivity contribution in [3.63, 3.8) is 0 Å². The highest BCUT2D eigenvalue weighted by molar-refractivity contribution is 7.05. The molecule has 0 aliphatic rings. The average Bonchev–Trinajstić information content (AvgIpc) is 2.14. The molecule has 0 radical (unpaired) electrons. The van der Waals surface area contributed by atoms with Crippen LogP contribution in [0.5, 0.6) is 0 Å². The molecule has 0 N–H and O–H groups in total. The molecule has 0 aliphatic heterocycles. The van der Waals surface area contributed by atoms with Crippen LogP contribution in [0.15, 0.2) is 0 Å². The molecule has 0 spiro atoms. The van der Waals surface area contributed by atoms with Crippen LogP contribution in [0.4, 0.5) is 0 Å². The summed E-state index contributed by atoms with van der Waals surface area (Å²) in [6, 6.07) is 0. The predicted molar refractivity (Wildman–Crippen MR) is 34.0 cm³/mol. The van der Waals surface area contributed by atoms with Gasteiger partial charge in [-0.05, 0) is 24.9 Å². The lowest BCUT2D eigenvalue weighted by molar-refractivity contribution is 0.979. The molecule has 44 valence electrons. The first-order valence-electron chi connectivity index (χ1n) is 2.62. The SMILES string of the molecule is CCc1nnsc1C. The first kappa shape index (κ1) is 5.69. The van der Waals surface area contributed by atoms with Crippen molar-refractivity contribution in [1.29, 1.82) is 0 Å². The molecule has 0 bridgehead atoms. The van der Waals surface area contributed by atoms with Crippen molar-refractivity contribution >= 4 is 11.5 Å². The standard InChI is InChI=1S/C5H8N2S/c1-3-5-4(2)8-7-6-5/h3H2,1-2H3. The molecule has 0 amide bonds. The summed E-state index contributed by atoms with van der Waals surface area (Å²) in [7, 11) is 0. The van der Waals surface area contributed by atoms with Crippen LogP contribution < -0.4 is 0 Å². The van der Waals surface area contributed by atoms with E-state index in [-0.39, 0.29) is 0 Å². The summed E-state index contributed by atoms with van der Waals surface area (Å²) in [4.78, 5) is 1.24. The van der Waals surface area contributed by atoms with E-state index >= 15 is 0 Å². The van der Waals surface area contributed by atoms with Crippen LogP contribution in [0.2, 0.25) is 0 Å². The van der Waals surface area contributed by atoms with Crippen molar-refractivity contribution in [3.05, 3.63) is 10.6 Å². The van der Waals surface area contributed by atoms with E-state index in [0.29, 0.717) is 0 Å². The fourth-order valence-corrected chi connectivity index (χ4v) is 1.13. The van der Waals surface area contributed by atoms with E-state index in [4.69, 9.17) is 0 Å². The Hall–Kier alpha value is -0.440. The van der Waals surface area contributed by atoms with Gasteiger partial charge in [-0.2, -0.15) is 0 Å². The Bertz CT molecular complexity index is 171. The molecule has 0 saturated carbocycles. The minimum atomic E-state index is 1.00. The molecule has 0 atom stereocenters. The molecule has 0 aromatic carbocycles. The first-order valence-corrected chi connectivity index (χ1v) is 3.39. The fourth-order valence-electron chi connectivity index (χ4n) is 0.574. The molecule has 0 saturated heterocycles. The van der Waals surface area contributed by atoms with Gasteiger partial charge in [-0.1, -0.05) is 11.4 Å². The molecular formula is C5H8N2S. The summed E-state index contributed by atoms with van der Waals surface area (Å²) in [5.74, 6) is 0. The largest absolute Gasteiger partial charge is 0.143 e. The van der Waals surface area contributed by atoms with Gasteiger partial charge in [0.05, 0.1) is 5.69 Å². The van der Waals surface area contributed by atoms with Crippen molar-refractivity contribution in [3.8, 4) is 0 Å². The quantitative estimate of drug-likeness (QED) is 0.571. The monoisotopic (exact) mass is 128 g/mol. The second-order valence-electron chi connectivity index (χ2n) is 1.63. The molecule has 3 heteroatoms. The molecule has 8 heavy (non-hydrogen) atoms. The Morgan fingerprint density at radius 1 is 1.62 bits per heavy atom. The van der Waals surface area contributed by atoms with Crippen molar-refractivity contribution in [2.45, 2.75) is 20.3 Å². The Balaban J connectivity index is 2.92. The second-order valence-corrected chi connectivity index (χ2v) is 2.59. The summed E-state index contributed by atoms with van der Waals surface area (Å²) >= 11 is 1.47. The van der Waals surface area contributed by atoms with Crippen LogP contribution in [0, 0.1) is 6.92 Å². The number of hydrogen-bond donors (Lipinski definition) is 0. The number of rotatable bonds is 1. The van der Waals surface area contributed by atoms with Gasteiger partial charge in [0.1, 0.15) is 0 Å². The van der Waals surface area contributed by atoms with Gasteiger partial charge in [-0.25, -0.2) is 0 Å². The van der Waals surface area contributed by atoms with E-state index in [0.717, 1.165) is 12.1 Å². The molecule has 1 aromatic rings. The number of aromatic nitrogens is 2. The van der Waals surface area contributed by atoms with Crippen LogP contribution in [-0.2, 0) is 6.42 Å². The van der Waals surface area contributed by atoms with Crippen LogP contribution >= 0.6 is 11.5 Å². The summed E-state index contributed by atoms with van der Waals surface area (Å²) in [6.07, 6.45) is 1.00. The third-order valence-electron chi connectivity index (χ3n) is 1.08. The lowest BCUT2D eigenvalue weighted by atomic mass is 10.3. The van der Waals surface area contributed by atoms with Crippen molar-refractivity contribution in [1.82, 2.24) is 9.59 Å². The van der Waals surface area contributed by atoms with Gasteiger partial charge in [0.2, 0.25) is 0 Å². The van der Waals surface area contributed by atoms with Gasteiger partial charge >= 0.3 is 0 Å². The molecule has 1 aromatic heterocycles. The van der Waals surface area contributed by atoms with E-state index in [1.54, 1.807) is 0 Å². The molecule has 1 rings (SSSR count). The zero-order valence-corrected chi connectivity index (χ0v) is 5.83. The van der Waals surface area contributed by atoms with E-state index in [1.165, 1.54) is 16.4 Å². The van der Waals surface area contributed by atoms with Crippen LogP contribution in [-0.4, -0.2) is 9.59 Å². The van der Waals surface area contributed by atoms with Gasteiger partial charge < -0.3 is 0 Å². The van der Waals surface area contributed by atoms with E-state index < -0.39 is 0 Å². The van der Waals surface area contributed by atoms with Gasteiger partial charge in [0, 0.05) is 4.88 Å². The molecule has 1 heterocycles. The van der Waals surface area contributed by atoms with Crippen LogP contribution in [0.3, 0.4) is 0 Å². The van der Waals surface area contributed by atoms with Gasteiger partial charge in [-0.15, -0.1) is 5.10 Å². The maximum Gasteiger partial charge on any atom is 0.0781 e. The molecule has 2 nitrogen and oxygen atoms in total. The Labute approximate surface area is 52.7 Å². The minimum absolute atomic E-state index is 1.00. The molecule has 0 fully saturated rings. The summed E-state index contributed by atoms with van der Waals surface area (Å²) in [5, 5.41) is 3.90. The third kappa shape index (κ3) is 0.865. The summed E-state index contributed by atoms with van der Waals surface area (Å²) < 4.78 is 3.78. The zero-order chi connectivity index (χ0) is 5.98. The number of hydrogen-bond acceptors (Lipinski definition) is 3. The van der Waals surface area contributed by atoms with Crippen LogP contribution in [0.25, 0.3) is 0 Å². The van der Waals surface area contributed by atoms with E-state index in [9.17, 15) is 0 Å². The predicted octanol–water partition coefficient (Wildman–Crippen LogP) is 1.41. The molecule has 0 aliphatic carbocycles. The molecule has 0 unspecified atom stereocenters. The Kier molecular flexibility index (Phi) is 1.58. The Morgan fingerprint density at radius 2 is 2.38 bits per heavy atom. The summed E-state index contributed by atoms with van der Waals surface area (Å²) in [5.41, 5.74) is 1.13. The number of nitrogens with zero attached hydrogens (tertiary/aromatic N) is 2. The Morgan fingerprint density at radius 3 is 2.62 bits per heavy atom. The van der Waals surface area contributed by atoms with Gasteiger partial charge in [-0.3, -0.25) is 0 Å². The topological polar surface area (TPSA) is 25.8 Å². The lowest BCUT2D eigenvalue weighted by Crippen LogP contribution is -1.80. The minimum Gasteiger partial charge on any atom is -0.143 e. The van der Waals surface area contributed by atoms with Crippen molar-refractivity contribution in [2.75, 3.05) is 0 Å². The lowest BCUT2D eigenvalue weighted by Gasteiger charge is -1.83. The van der Waals surface area contributed by atoms with Gasteiger partial charge in [0.15, 0.2) is 0 Å². The fraction of sp³-hybridized carbons (Fsp3) is 0.600. The van der Waals surface area contributed by atoms with E-state index in [2.05, 4.69) is 16.5 Å². The highest BCUT2D eigenvalue weighted by atomic mass is 32.1. The number of aryl methyl sites for hydroxylation is 2. The highest BCUT2D eigenvalue weighted by Crippen LogP contribution is 2.07. The van der Waals surface area contributed by atoms with E-state index in [1.807, 2.05) is 6.92 Å². The maximum atomic E-state index is 3.90. The van der Waals surface area contributed by atoms with Crippen molar-refractivity contribution < 1.29 is 0 Å². The highest BCUT2D eigenvalue weighted by Gasteiger charge is 1.96. The van der Waals surface area contributed by atoms with Gasteiger partial charge in [0.25, 0.3) is 0 Å². The third-order valence-corrected chi connectivity index (χ3v) is 1.75. The summed E-state index contributed by atoms with van der Waals surface area (Å²) in [6.45, 7) is 4.13. The van der Waals surface area contributed by atoms with Crippen LogP contribution in [0.1, 0.15) is 17.5 Å². The van der Waals surface area contributed by atoms with Crippen molar-refractivity contribution in [2.24, 2.45) is 0 Å². The average molecular weight is 128 g/mol. The first-order chi connectivity index (χ1) is 3.84.